The van der Waals surface area contributed by atoms with Crippen molar-refractivity contribution in [2.24, 2.45) is 0 Å². The monoisotopic (exact) mass is 209 g/mol. The van der Waals surface area contributed by atoms with E-state index in [1.54, 1.807) is 0 Å². The predicted octanol–water partition coefficient (Wildman–Crippen LogP) is 3.09. The van der Waals surface area contributed by atoms with Crippen molar-refractivity contribution in [2.45, 2.75) is 25.2 Å². The zero-order chi connectivity index (χ0) is 10.2. The molecular weight excluding hydrogens is 190 g/mol. The summed E-state index contributed by atoms with van der Waals surface area (Å²) in [5.74, 6) is 1.16. The fourth-order valence-corrected chi connectivity index (χ4v) is 2.17. The summed E-state index contributed by atoms with van der Waals surface area (Å²) in [6, 6.07) is 8.68. The largest absolute Gasteiger partial charge is 0.316 e. The van der Waals surface area contributed by atoms with E-state index in [4.69, 9.17) is 0 Å². The van der Waals surface area contributed by atoms with Gasteiger partial charge in [0.15, 0.2) is 0 Å². The molecule has 0 aliphatic rings. The van der Waals surface area contributed by atoms with E-state index in [9.17, 15) is 0 Å². The van der Waals surface area contributed by atoms with Gasteiger partial charge in [0, 0.05) is 17.2 Å². The molecule has 1 aromatic carbocycles. The number of aryl methyl sites for hydroxylation is 1. The fourth-order valence-electron chi connectivity index (χ4n) is 1.25. The third-order valence-electron chi connectivity index (χ3n) is 1.96. The van der Waals surface area contributed by atoms with E-state index in [-0.39, 0.29) is 0 Å². The summed E-state index contributed by atoms with van der Waals surface area (Å²) >= 11 is 1.92. The average Bonchev–Trinajstić information content (AvgIpc) is 2.18. The minimum Gasteiger partial charge on any atom is -0.316 e. The van der Waals surface area contributed by atoms with Crippen LogP contribution < -0.4 is 5.32 Å². The zero-order valence-electron chi connectivity index (χ0n) is 9.05. The molecule has 0 fully saturated rings. The van der Waals surface area contributed by atoms with Crippen molar-refractivity contribution in [1.82, 2.24) is 5.32 Å². The highest BCUT2D eigenvalue weighted by atomic mass is 32.2. The predicted molar refractivity (Wildman–Crippen MR) is 65.1 cm³/mol. The first-order chi connectivity index (χ1) is 6.83. The van der Waals surface area contributed by atoms with Crippen molar-refractivity contribution in [3.63, 3.8) is 0 Å². The lowest BCUT2D eigenvalue weighted by Gasteiger charge is -2.03. The maximum atomic E-state index is 3.40. The SMILES string of the molecule is CCCNCCSc1cccc(C)c1. The molecule has 78 valence electrons. The fraction of sp³-hybridized carbons (Fsp3) is 0.500. The normalized spacial score (nSPS) is 10.4. The molecule has 0 aliphatic carbocycles. The Morgan fingerprint density at radius 2 is 2.14 bits per heavy atom. The Balaban J connectivity index is 2.18. The van der Waals surface area contributed by atoms with Crippen molar-refractivity contribution < 1.29 is 0 Å². The van der Waals surface area contributed by atoms with Gasteiger partial charge in [-0.2, -0.15) is 0 Å². The van der Waals surface area contributed by atoms with Gasteiger partial charge in [0.2, 0.25) is 0 Å². The molecule has 0 bridgehead atoms. The van der Waals surface area contributed by atoms with Crippen LogP contribution >= 0.6 is 11.8 Å². The van der Waals surface area contributed by atoms with Crippen molar-refractivity contribution in [3.8, 4) is 0 Å². The molecule has 0 unspecified atom stereocenters. The van der Waals surface area contributed by atoms with E-state index < -0.39 is 0 Å². The Bertz CT molecular complexity index is 260. The van der Waals surface area contributed by atoms with Crippen LogP contribution in [-0.2, 0) is 0 Å². The third kappa shape index (κ3) is 4.68. The quantitative estimate of drug-likeness (QED) is 0.571. The van der Waals surface area contributed by atoms with Crippen LogP contribution in [0.3, 0.4) is 0 Å². The highest BCUT2D eigenvalue weighted by molar-refractivity contribution is 7.99. The van der Waals surface area contributed by atoms with Gasteiger partial charge >= 0.3 is 0 Å². The Morgan fingerprint density at radius 3 is 2.86 bits per heavy atom. The van der Waals surface area contributed by atoms with Crippen LogP contribution in [-0.4, -0.2) is 18.8 Å². The molecule has 0 radical (unpaired) electrons. The number of thioether (sulfide) groups is 1. The first kappa shape index (κ1) is 11.6. The van der Waals surface area contributed by atoms with Crippen LogP contribution in [0.5, 0.6) is 0 Å². The number of rotatable bonds is 6. The summed E-state index contributed by atoms with van der Waals surface area (Å²) in [5, 5.41) is 3.40. The average molecular weight is 209 g/mol. The van der Waals surface area contributed by atoms with E-state index >= 15 is 0 Å². The van der Waals surface area contributed by atoms with Gasteiger partial charge in [-0.1, -0.05) is 24.6 Å². The Morgan fingerprint density at radius 1 is 1.29 bits per heavy atom. The van der Waals surface area contributed by atoms with Gasteiger partial charge in [-0.25, -0.2) is 0 Å². The van der Waals surface area contributed by atoms with E-state index in [0.29, 0.717) is 0 Å². The smallest absolute Gasteiger partial charge is 0.0106 e. The Labute approximate surface area is 91.3 Å². The van der Waals surface area contributed by atoms with Crippen LogP contribution in [0, 0.1) is 6.92 Å². The van der Waals surface area contributed by atoms with Crippen LogP contribution in [0.25, 0.3) is 0 Å². The molecule has 0 atom stereocenters. The van der Waals surface area contributed by atoms with Crippen molar-refractivity contribution in [1.29, 1.82) is 0 Å². The summed E-state index contributed by atoms with van der Waals surface area (Å²) in [5.41, 5.74) is 1.34. The maximum Gasteiger partial charge on any atom is 0.0106 e. The molecule has 1 rings (SSSR count). The van der Waals surface area contributed by atoms with Gasteiger partial charge in [0.25, 0.3) is 0 Å². The minimum absolute atomic E-state index is 1.10. The molecule has 1 N–H and O–H groups in total. The third-order valence-corrected chi connectivity index (χ3v) is 2.96. The van der Waals surface area contributed by atoms with Crippen LogP contribution in [0.15, 0.2) is 29.2 Å². The minimum atomic E-state index is 1.10. The van der Waals surface area contributed by atoms with Gasteiger partial charge in [-0.3, -0.25) is 0 Å². The van der Waals surface area contributed by atoms with Gasteiger partial charge in [0.1, 0.15) is 0 Å². The lowest BCUT2D eigenvalue weighted by Crippen LogP contribution is -2.17. The molecule has 0 aromatic heterocycles. The first-order valence-corrected chi connectivity index (χ1v) is 6.21. The standard InChI is InChI=1S/C12H19NS/c1-3-7-13-8-9-14-12-6-4-5-11(2)10-12/h4-6,10,13H,3,7-9H2,1-2H3. The molecule has 0 amide bonds. The first-order valence-electron chi connectivity index (χ1n) is 5.23. The number of hydrogen-bond donors (Lipinski definition) is 1. The lowest BCUT2D eigenvalue weighted by atomic mass is 10.2. The lowest BCUT2D eigenvalue weighted by molar-refractivity contribution is 0.707. The van der Waals surface area contributed by atoms with Crippen molar-refractivity contribution in [3.05, 3.63) is 29.8 Å². The number of hydrogen-bond acceptors (Lipinski definition) is 2. The molecule has 0 saturated carbocycles. The molecule has 1 aromatic rings. The number of benzene rings is 1. The summed E-state index contributed by atoms with van der Waals surface area (Å²) in [6.45, 7) is 6.57. The summed E-state index contributed by atoms with van der Waals surface area (Å²) in [4.78, 5) is 1.38. The van der Waals surface area contributed by atoms with E-state index in [1.165, 1.54) is 16.9 Å². The van der Waals surface area contributed by atoms with E-state index in [2.05, 4.69) is 43.4 Å². The second kappa shape index (κ2) is 6.91. The van der Waals surface area contributed by atoms with Crippen molar-refractivity contribution >= 4 is 11.8 Å². The summed E-state index contributed by atoms with van der Waals surface area (Å²) in [7, 11) is 0. The molecule has 0 spiro atoms. The Kier molecular flexibility index (Phi) is 5.72. The maximum absolute atomic E-state index is 3.40. The molecule has 2 heteroatoms. The van der Waals surface area contributed by atoms with E-state index in [1.807, 2.05) is 11.8 Å². The van der Waals surface area contributed by atoms with Crippen LogP contribution in [0.4, 0.5) is 0 Å². The topological polar surface area (TPSA) is 12.0 Å². The number of nitrogens with one attached hydrogen (secondary N) is 1. The highest BCUT2D eigenvalue weighted by Gasteiger charge is 1.93. The second-order valence-corrected chi connectivity index (χ2v) is 4.58. The molecule has 1 nitrogen and oxygen atoms in total. The van der Waals surface area contributed by atoms with E-state index in [0.717, 1.165) is 18.8 Å². The molecule has 0 heterocycles. The van der Waals surface area contributed by atoms with Gasteiger partial charge < -0.3 is 5.32 Å². The molecule has 14 heavy (non-hydrogen) atoms. The molecule has 0 saturated heterocycles. The zero-order valence-corrected chi connectivity index (χ0v) is 9.86. The van der Waals surface area contributed by atoms with Crippen molar-refractivity contribution in [2.75, 3.05) is 18.8 Å². The van der Waals surface area contributed by atoms with Gasteiger partial charge in [0.05, 0.1) is 0 Å². The Hall–Kier alpha value is -0.470. The molecule has 0 aliphatic heterocycles. The molecular formula is C12H19NS. The van der Waals surface area contributed by atoms with Crippen LogP contribution in [0.2, 0.25) is 0 Å². The highest BCUT2D eigenvalue weighted by Crippen LogP contribution is 2.17. The summed E-state index contributed by atoms with van der Waals surface area (Å²) in [6.07, 6.45) is 1.22. The van der Waals surface area contributed by atoms with Gasteiger partial charge in [-0.15, -0.1) is 11.8 Å². The van der Waals surface area contributed by atoms with Crippen LogP contribution in [0.1, 0.15) is 18.9 Å². The second-order valence-electron chi connectivity index (χ2n) is 3.41. The van der Waals surface area contributed by atoms with Gasteiger partial charge in [-0.05, 0) is 32.0 Å². The summed E-state index contributed by atoms with van der Waals surface area (Å²) < 4.78 is 0.